The van der Waals surface area contributed by atoms with E-state index in [-0.39, 0.29) is 11.4 Å². The number of aromatic carboxylic acids is 1. The molecule has 0 radical (unpaired) electrons. The fraction of sp³-hybridized carbons (Fsp3) is 0.200. The quantitative estimate of drug-likeness (QED) is 0.910. The van der Waals surface area contributed by atoms with E-state index in [1.54, 1.807) is 26.0 Å². The first-order valence-electron chi connectivity index (χ1n) is 6.04. The van der Waals surface area contributed by atoms with Crippen LogP contribution in [-0.2, 0) is 0 Å². The lowest BCUT2D eigenvalue weighted by Crippen LogP contribution is -2.06. The molecule has 0 saturated heterocycles. The average molecular weight is 336 g/mol. The summed E-state index contributed by atoms with van der Waals surface area (Å²) in [6.45, 7) is 5.43. The molecule has 4 nitrogen and oxygen atoms in total. The highest BCUT2D eigenvalue weighted by molar-refractivity contribution is 9.10. The van der Waals surface area contributed by atoms with Gasteiger partial charge in [-0.15, -0.1) is 0 Å². The third kappa shape index (κ3) is 2.99. The molecular weight excluding hydrogens is 322 g/mol. The van der Waals surface area contributed by atoms with Crippen LogP contribution in [0.4, 0.5) is 0 Å². The number of benzene rings is 1. The molecule has 0 aliphatic heterocycles. The molecule has 2 rings (SSSR count). The van der Waals surface area contributed by atoms with Crippen LogP contribution in [0.5, 0.6) is 11.6 Å². The Labute approximate surface area is 125 Å². The Morgan fingerprint density at radius 1 is 1.20 bits per heavy atom. The fourth-order valence-corrected chi connectivity index (χ4v) is 2.44. The van der Waals surface area contributed by atoms with Crippen molar-refractivity contribution in [1.82, 2.24) is 4.98 Å². The van der Waals surface area contributed by atoms with Gasteiger partial charge >= 0.3 is 5.97 Å². The molecule has 0 amide bonds. The first-order chi connectivity index (χ1) is 9.38. The molecule has 1 aromatic heterocycles. The van der Waals surface area contributed by atoms with Gasteiger partial charge in [0, 0.05) is 10.2 Å². The van der Waals surface area contributed by atoms with E-state index in [2.05, 4.69) is 20.9 Å². The Kier molecular flexibility index (Phi) is 4.09. The normalized spacial score (nSPS) is 10.4. The molecule has 0 spiro atoms. The van der Waals surface area contributed by atoms with Crippen molar-refractivity contribution in [3.05, 3.63) is 51.1 Å². The van der Waals surface area contributed by atoms with Crippen LogP contribution in [0, 0.1) is 20.8 Å². The minimum absolute atomic E-state index is 0.0953. The molecule has 1 N–H and O–H groups in total. The van der Waals surface area contributed by atoms with Gasteiger partial charge in [-0.3, -0.25) is 0 Å². The Morgan fingerprint density at radius 3 is 2.50 bits per heavy atom. The van der Waals surface area contributed by atoms with Crippen LogP contribution in [0.3, 0.4) is 0 Å². The zero-order chi connectivity index (χ0) is 14.9. The predicted molar refractivity (Wildman–Crippen MR) is 79.6 cm³/mol. The molecule has 0 aliphatic rings. The average Bonchev–Trinajstić information content (AvgIpc) is 2.31. The van der Waals surface area contributed by atoms with Crippen molar-refractivity contribution in [2.24, 2.45) is 0 Å². The number of aryl methyl sites for hydroxylation is 3. The number of rotatable bonds is 3. The first-order valence-corrected chi connectivity index (χ1v) is 6.83. The van der Waals surface area contributed by atoms with Crippen molar-refractivity contribution >= 4 is 21.9 Å². The van der Waals surface area contributed by atoms with E-state index >= 15 is 0 Å². The highest BCUT2D eigenvalue weighted by Gasteiger charge is 2.18. The van der Waals surface area contributed by atoms with Gasteiger partial charge in [0.05, 0.1) is 0 Å². The van der Waals surface area contributed by atoms with Crippen molar-refractivity contribution in [2.75, 3.05) is 0 Å². The smallest absolute Gasteiger partial charge is 0.341 e. The third-order valence-electron chi connectivity index (χ3n) is 2.87. The third-order valence-corrected chi connectivity index (χ3v) is 3.36. The van der Waals surface area contributed by atoms with Gasteiger partial charge in [0.2, 0.25) is 5.88 Å². The summed E-state index contributed by atoms with van der Waals surface area (Å²) < 4.78 is 6.64. The van der Waals surface area contributed by atoms with E-state index in [4.69, 9.17) is 4.74 Å². The predicted octanol–water partition coefficient (Wildman–Crippen LogP) is 4.26. The Morgan fingerprint density at radius 2 is 1.90 bits per heavy atom. The molecule has 0 aliphatic carbocycles. The number of carboxylic acid groups (broad SMARTS) is 1. The van der Waals surface area contributed by atoms with Crippen molar-refractivity contribution in [2.45, 2.75) is 20.8 Å². The molecule has 0 unspecified atom stereocenters. The van der Waals surface area contributed by atoms with Crippen LogP contribution in [0.2, 0.25) is 0 Å². The van der Waals surface area contributed by atoms with Crippen molar-refractivity contribution in [1.29, 1.82) is 0 Å². The zero-order valence-corrected chi connectivity index (χ0v) is 13.0. The Bertz CT molecular complexity index is 683. The van der Waals surface area contributed by atoms with Gasteiger partial charge in [-0.1, -0.05) is 15.9 Å². The second kappa shape index (κ2) is 5.63. The second-order valence-corrected chi connectivity index (χ2v) is 5.49. The summed E-state index contributed by atoms with van der Waals surface area (Å²) in [5, 5.41) is 9.30. The molecule has 2 aromatic rings. The standard InChI is InChI=1S/C15H14BrNO3/c1-8-7-11(16)4-5-12(8)20-14-13(15(18)19)9(2)6-10(3)17-14/h4-7H,1-3H3,(H,18,19). The lowest BCUT2D eigenvalue weighted by molar-refractivity contribution is 0.0692. The first kappa shape index (κ1) is 14.5. The van der Waals surface area contributed by atoms with E-state index in [0.717, 1.165) is 15.7 Å². The van der Waals surface area contributed by atoms with Gasteiger partial charge < -0.3 is 9.84 Å². The van der Waals surface area contributed by atoms with Gasteiger partial charge in [-0.2, -0.15) is 0 Å². The van der Waals surface area contributed by atoms with Crippen molar-refractivity contribution < 1.29 is 14.6 Å². The number of ether oxygens (including phenoxy) is 1. The lowest BCUT2D eigenvalue weighted by atomic mass is 10.1. The largest absolute Gasteiger partial charge is 0.477 e. The van der Waals surface area contributed by atoms with Crippen LogP contribution in [-0.4, -0.2) is 16.1 Å². The van der Waals surface area contributed by atoms with Crippen LogP contribution in [0.15, 0.2) is 28.7 Å². The maximum absolute atomic E-state index is 11.4. The van der Waals surface area contributed by atoms with Gasteiger partial charge in [-0.25, -0.2) is 9.78 Å². The molecule has 1 aromatic carbocycles. The highest BCUT2D eigenvalue weighted by Crippen LogP contribution is 2.30. The summed E-state index contributed by atoms with van der Waals surface area (Å²) in [7, 11) is 0. The van der Waals surface area contributed by atoms with Crippen LogP contribution in [0.1, 0.15) is 27.2 Å². The number of halogens is 1. The van der Waals surface area contributed by atoms with E-state index in [1.807, 2.05) is 19.1 Å². The molecule has 0 bridgehead atoms. The van der Waals surface area contributed by atoms with Gasteiger partial charge in [0.15, 0.2) is 0 Å². The number of carbonyl (C=O) groups is 1. The fourth-order valence-electron chi connectivity index (χ4n) is 1.97. The van der Waals surface area contributed by atoms with E-state index < -0.39 is 5.97 Å². The number of pyridine rings is 1. The van der Waals surface area contributed by atoms with E-state index in [0.29, 0.717) is 11.3 Å². The van der Waals surface area contributed by atoms with Gasteiger partial charge in [0.1, 0.15) is 11.3 Å². The lowest BCUT2D eigenvalue weighted by Gasteiger charge is -2.12. The maximum atomic E-state index is 11.4. The van der Waals surface area contributed by atoms with Crippen molar-refractivity contribution in [3.8, 4) is 11.6 Å². The van der Waals surface area contributed by atoms with E-state index in [1.165, 1.54) is 0 Å². The Balaban J connectivity index is 2.50. The van der Waals surface area contributed by atoms with Crippen LogP contribution in [0.25, 0.3) is 0 Å². The highest BCUT2D eigenvalue weighted by atomic mass is 79.9. The number of hydrogen-bond acceptors (Lipinski definition) is 3. The molecular formula is C15H14BrNO3. The topological polar surface area (TPSA) is 59.4 Å². The maximum Gasteiger partial charge on any atom is 0.341 e. The number of hydrogen-bond donors (Lipinski definition) is 1. The Hall–Kier alpha value is -1.88. The summed E-state index contributed by atoms with van der Waals surface area (Å²) in [4.78, 5) is 15.6. The number of aromatic nitrogens is 1. The summed E-state index contributed by atoms with van der Waals surface area (Å²) in [5.74, 6) is -0.326. The summed E-state index contributed by atoms with van der Waals surface area (Å²) in [6, 6.07) is 7.25. The summed E-state index contributed by atoms with van der Waals surface area (Å²) >= 11 is 3.38. The SMILES string of the molecule is Cc1cc(C)c(C(=O)O)c(Oc2ccc(Br)cc2C)n1. The monoisotopic (exact) mass is 335 g/mol. The minimum Gasteiger partial charge on any atom is -0.477 e. The number of carboxylic acids is 1. The molecule has 5 heteroatoms. The summed E-state index contributed by atoms with van der Waals surface area (Å²) in [6.07, 6.45) is 0. The zero-order valence-electron chi connectivity index (χ0n) is 11.4. The molecule has 20 heavy (non-hydrogen) atoms. The summed E-state index contributed by atoms with van der Waals surface area (Å²) in [5.41, 5.74) is 2.35. The molecule has 1 heterocycles. The van der Waals surface area contributed by atoms with Gasteiger partial charge in [-0.05, 0) is 56.2 Å². The van der Waals surface area contributed by atoms with Crippen LogP contribution < -0.4 is 4.74 Å². The van der Waals surface area contributed by atoms with Crippen molar-refractivity contribution in [3.63, 3.8) is 0 Å². The molecule has 0 saturated carbocycles. The minimum atomic E-state index is -1.04. The molecule has 104 valence electrons. The second-order valence-electron chi connectivity index (χ2n) is 4.58. The number of nitrogens with zero attached hydrogens (tertiary/aromatic N) is 1. The van der Waals surface area contributed by atoms with E-state index in [9.17, 15) is 9.90 Å². The molecule has 0 fully saturated rings. The van der Waals surface area contributed by atoms with Crippen LogP contribution >= 0.6 is 15.9 Å². The van der Waals surface area contributed by atoms with Gasteiger partial charge in [0.25, 0.3) is 0 Å². The molecule has 0 atom stereocenters.